The number of benzene rings is 3. The molecule has 0 spiro atoms. The summed E-state index contributed by atoms with van der Waals surface area (Å²) in [5, 5.41) is 2.99. The van der Waals surface area contributed by atoms with Gasteiger partial charge in [0.25, 0.3) is 10.0 Å². The van der Waals surface area contributed by atoms with E-state index in [9.17, 15) is 13.2 Å². The van der Waals surface area contributed by atoms with Crippen LogP contribution in [0.5, 0.6) is 0 Å². The summed E-state index contributed by atoms with van der Waals surface area (Å²) in [5.74, 6) is -0.359. The van der Waals surface area contributed by atoms with Crippen LogP contribution in [0.2, 0.25) is 0 Å². The Morgan fingerprint density at radius 1 is 0.944 bits per heavy atom. The summed E-state index contributed by atoms with van der Waals surface area (Å²) in [5.41, 5.74) is 5.43. The second kappa shape index (κ2) is 10.7. The summed E-state index contributed by atoms with van der Waals surface area (Å²) in [4.78, 5) is 15.7. The van der Waals surface area contributed by atoms with Gasteiger partial charge < -0.3 is 10.2 Å². The van der Waals surface area contributed by atoms with Crippen LogP contribution in [0.4, 0.5) is 11.4 Å². The second-order valence-electron chi connectivity index (χ2n) is 9.62. The first-order valence-corrected chi connectivity index (χ1v) is 13.9. The normalized spacial score (nSPS) is 14.5. The van der Waals surface area contributed by atoms with Crippen LogP contribution in [-0.4, -0.2) is 34.0 Å². The van der Waals surface area contributed by atoms with Crippen LogP contribution in [0.15, 0.2) is 71.6 Å². The Hall–Kier alpha value is -3.32. The van der Waals surface area contributed by atoms with E-state index in [1.165, 1.54) is 22.8 Å². The zero-order valence-electron chi connectivity index (χ0n) is 21.5. The lowest BCUT2D eigenvalue weighted by molar-refractivity contribution is -0.120. The third-order valence-corrected chi connectivity index (χ3v) is 8.76. The molecule has 190 valence electrons. The van der Waals surface area contributed by atoms with Gasteiger partial charge in [0.1, 0.15) is 6.54 Å². The van der Waals surface area contributed by atoms with Crippen molar-refractivity contribution in [2.24, 2.45) is 0 Å². The summed E-state index contributed by atoms with van der Waals surface area (Å²) in [6, 6.07) is 20.2. The molecule has 1 amide bonds. The van der Waals surface area contributed by atoms with E-state index < -0.39 is 10.0 Å². The van der Waals surface area contributed by atoms with Crippen LogP contribution < -0.4 is 14.5 Å². The topological polar surface area (TPSA) is 69.7 Å². The number of carbonyl (C=O) groups is 1. The largest absolute Gasteiger partial charge is 0.372 e. The quantitative estimate of drug-likeness (QED) is 0.452. The van der Waals surface area contributed by atoms with Crippen molar-refractivity contribution in [2.75, 3.05) is 28.8 Å². The van der Waals surface area contributed by atoms with E-state index in [0.29, 0.717) is 5.69 Å². The number of amides is 1. The summed E-state index contributed by atoms with van der Waals surface area (Å²) in [6.45, 7) is 9.49. The lowest BCUT2D eigenvalue weighted by Crippen LogP contribution is -2.42. The molecule has 1 N–H and O–H groups in total. The smallest absolute Gasteiger partial charge is 0.264 e. The van der Waals surface area contributed by atoms with Gasteiger partial charge in [0.15, 0.2) is 0 Å². The van der Waals surface area contributed by atoms with Crippen molar-refractivity contribution in [1.29, 1.82) is 0 Å². The summed E-state index contributed by atoms with van der Waals surface area (Å²) >= 11 is 0. The van der Waals surface area contributed by atoms with Crippen LogP contribution in [0, 0.1) is 20.8 Å². The highest BCUT2D eigenvalue weighted by Gasteiger charge is 2.29. The van der Waals surface area contributed by atoms with Gasteiger partial charge in [0.05, 0.1) is 16.6 Å². The maximum Gasteiger partial charge on any atom is 0.264 e. The first kappa shape index (κ1) is 25.8. The standard InChI is InChI=1S/C29H35N3O3S/c1-21-10-16-27(17-11-21)36(34,35)32(28-9-7-8-22(2)23(28)3)20-29(33)30-24(4)25-12-14-26(15-13-25)31-18-5-6-19-31/h7-17,24H,5-6,18-20H2,1-4H3,(H,30,33). The third-order valence-electron chi connectivity index (χ3n) is 6.98. The molecule has 1 fully saturated rings. The molecule has 0 aromatic heterocycles. The second-order valence-corrected chi connectivity index (χ2v) is 11.5. The predicted octanol–water partition coefficient (Wildman–Crippen LogP) is 5.28. The Morgan fingerprint density at radius 3 is 2.22 bits per heavy atom. The van der Waals surface area contributed by atoms with Crippen molar-refractivity contribution in [3.8, 4) is 0 Å². The van der Waals surface area contributed by atoms with Crippen LogP contribution in [0.25, 0.3) is 0 Å². The van der Waals surface area contributed by atoms with Crippen LogP contribution in [0.3, 0.4) is 0 Å². The average Bonchev–Trinajstić information content (AvgIpc) is 3.40. The molecule has 6 nitrogen and oxygen atoms in total. The van der Waals surface area contributed by atoms with Gasteiger partial charge in [-0.1, -0.05) is 42.0 Å². The first-order chi connectivity index (χ1) is 17.2. The van der Waals surface area contributed by atoms with Gasteiger partial charge in [0, 0.05) is 18.8 Å². The Morgan fingerprint density at radius 2 is 1.58 bits per heavy atom. The molecule has 1 atom stereocenters. The molecule has 0 saturated carbocycles. The minimum atomic E-state index is -3.95. The van der Waals surface area contributed by atoms with Crippen molar-refractivity contribution in [3.63, 3.8) is 0 Å². The number of nitrogens with one attached hydrogen (secondary N) is 1. The number of hydrogen-bond acceptors (Lipinski definition) is 4. The molecule has 1 aliphatic rings. The molecule has 3 aromatic rings. The van der Waals surface area contributed by atoms with Crippen LogP contribution >= 0.6 is 0 Å². The van der Waals surface area contributed by atoms with Gasteiger partial charge >= 0.3 is 0 Å². The van der Waals surface area contributed by atoms with Gasteiger partial charge in [0.2, 0.25) is 5.91 Å². The zero-order valence-corrected chi connectivity index (χ0v) is 22.3. The molecule has 4 rings (SSSR count). The molecule has 36 heavy (non-hydrogen) atoms. The Bertz CT molecular complexity index is 1310. The molecule has 1 saturated heterocycles. The molecular weight excluding hydrogens is 470 g/mol. The minimum absolute atomic E-state index is 0.160. The maximum atomic E-state index is 13.7. The van der Waals surface area contributed by atoms with E-state index in [-0.39, 0.29) is 23.4 Å². The van der Waals surface area contributed by atoms with E-state index in [1.54, 1.807) is 30.3 Å². The molecule has 3 aromatic carbocycles. The van der Waals surface area contributed by atoms with Crippen LogP contribution in [0.1, 0.15) is 48.1 Å². The Kier molecular flexibility index (Phi) is 7.69. The van der Waals surface area contributed by atoms with Crippen molar-refractivity contribution >= 4 is 27.3 Å². The number of aryl methyl sites for hydroxylation is 2. The number of carbonyl (C=O) groups excluding carboxylic acids is 1. The van der Waals surface area contributed by atoms with E-state index in [1.807, 2.05) is 52.0 Å². The first-order valence-electron chi connectivity index (χ1n) is 12.5. The highest BCUT2D eigenvalue weighted by atomic mass is 32.2. The molecule has 0 bridgehead atoms. The fraction of sp³-hybridized carbons (Fsp3) is 0.345. The Labute approximate surface area is 215 Å². The van der Waals surface area contributed by atoms with E-state index in [2.05, 4.69) is 22.3 Å². The average molecular weight is 506 g/mol. The Balaban J connectivity index is 1.56. The van der Waals surface area contributed by atoms with E-state index in [4.69, 9.17) is 0 Å². The summed E-state index contributed by atoms with van der Waals surface area (Å²) < 4.78 is 28.6. The number of anilines is 2. The molecule has 0 aliphatic carbocycles. The van der Waals surface area contributed by atoms with E-state index in [0.717, 1.165) is 35.3 Å². The molecule has 1 unspecified atom stereocenters. The summed E-state index contributed by atoms with van der Waals surface area (Å²) in [7, 11) is -3.95. The van der Waals surface area contributed by atoms with Crippen molar-refractivity contribution in [1.82, 2.24) is 5.32 Å². The van der Waals surface area contributed by atoms with E-state index >= 15 is 0 Å². The van der Waals surface area contributed by atoms with Crippen molar-refractivity contribution < 1.29 is 13.2 Å². The van der Waals surface area contributed by atoms with Gasteiger partial charge in [-0.3, -0.25) is 9.10 Å². The number of rotatable bonds is 8. The fourth-order valence-corrected chi connectivity index (χ4v) is 6.07. The van der Waals surface area contributed by atoms with Gasteiger partial charge in [-0.05, 0) is 87.6 Å². The zero-order chi connectivity index (χ0) is 25.9. The molecule has 7 heteroatoms. The number of hydrogen-bond donors (Lipinski definition) is 1. The van der Waals surface area contributed by atoms with Crippen molar-refractivity contribution in [3.05, 3.63) is 89.0 Å². The van der Waals surface area contributed by atoms with Crippen LogP contribution in [-0.2, 0) is 14.8 Å². The molecule has 1 heterocycles. The lowest BCUT2D eigenvalue weighted by atomic mass is 10.1. The van der Waals surface area contributed by atoms with Gasteiger partial charge in [-0.25, -0.2) is 8.42 Å². The molecule has 1 aliphatic heterocycles. The summed E-state index contributed by atoms with van der Waals surface area (Å²) in [6.07, 6.45) is 2.44. The number of nitrogens with zero attached hydrogens (tertiary/aromatic N) is 2. The predicted molar refractivity (Wildman–Crippen MR) is 146 cm³/mol. The maximum absolute atomic E-state index is 13.7. The third kappa shape index (κ3) is 5.57. The SMILES string of the molecule is Cc1ccc(S(=O)(=O)N(CC(=O)NC(C)c2ccc(N3CCCC3)cc2)c2cccc(C)c2C)cc1. The fourth-order valence-electron chi connectivity index (χ4n) is 4.59. The monoisotopic (exact) mass is 505 g/mol. The van der Waals surface area contributed by atoms with Gasteiger partial charge in [-0.15, -0.1) is 0 Å². The number of sulfonamides is 1. The highest BCUT2D eigenvalue weighted by Crippen LogP contribution is 2.29. The highest BCUT2D eigenvalue weighted by molar-refractivity contribution is 7.92. The van der Waals surface area contributed by atoms with Gasteiger partial charge in [-0.2, -0.15) is 0 Å². The lowest BCUT2D eigenvalue weighted by Gasteiger charge is -2.27. The molecular formula is C29H35N3O3S. The minimum Gasteiger partial charge on any atom is -0.372 e. The molecule has 0 radical (unpaired) electrons. The van der Waals surface area contributed by atoms with Crippen molar-refractivity contribution in [2.45, 2.75) is 51.5 Å².